The SMILES string of the molecule is CCOC(=O)c1cnc(NS(=O)(=O)c2cccc(Cl)c2C)s1. The number of nitrogens with zero attached hydrogens (tertiary/aromatic N) is 1. The van der Waals surface area contributed by atoms with Gasteiger partial charge in [0.05, 0.1) is 17.7 Å². The number of sulfonamides is 1. The Bertz CT molecular complexity index is 802. The second-order valence-corrected chi connectivity index (χ2v) is 7.31. The van der Waals surface area contributed by atoms with Crippen LogP contribution < -0.4 is 4.72 Å². The van der Waals surface area contributed by atoms with E-state index in [9.17, 15) is 13.2 Å². The summed E-state index contributed by atoms with van der Waals surface area (Å²) in [5.41, 5.74) is 0.443. The molecule has 0 unspecified atom stereocenters. The van der Waals surface area contributed by atoms with E-state index in [0.717, 1.165) is 11.3 Å². The summed E-state index contributed by atoms with van der Waals surface area (Å²) in [7, 11) is -3.83. The monoisotopic (exact) mass is 360 g/mol. The number of anilines is 1. The summed E-state index contributed by atoms with van der Waals surface area (Å²) < 4.78 is 31.9. The molecule has 22 heavy (non-hydrogen) atoms. The van der Waals surface area contributed by atoms with Crippen LogP contribution in [0.1, 0.15) is 22.2 Å². The molecule has 118 valence electrons. The van der Waals surface area contributed by atoms with Crippen LogP contribution in [-0.2, 0) is 14.8 Å². The van der Waals surface area contributed by atoms with Gasteiger partial charge in [-0.05, 0) is 31.5 Å². The maximum absolute atomic E-state index is 12.4. The number of hydrogen-bond donors (Lipinski definition) is 1. The van der Waals surface area contributed by atoms with Crippen molar-refractivity contribution in [3.8, 4) is 0 Å². The zero-order chi connectivity index (χ0) is 16.3. The van der Waals surface area contributed by atoms with E-state index >= 15 is 0 Å². The Labute approximate surface area is 137 Å². The van der Waals surface area contributed by atoms with Crippen molar-refractivity contribution < 1.29 is 17.9 Å². The Balaban J connectivity index is 2.26. The fraction of sp³-hybridized carbons (Fsp3) is 0.231. The van der Waals surface area contributed by atoms with Gasteiger partial charge < -0.3 is 4.74 Å². The van der Waals surface area contributed by atoms with Crippen LogP contribution in [0.15, 0.2) is 29.3 Å². The minimum atomic E-state index is -3.83. The first-order valence-corrected chi connectivity index (χ1v) is 8.93. The van der Waals surface area contributed by atoms with Crippen LogP contribution in [0.3, 0.4) is 0 Å². The van der Waals surface area contributed by atoms with E-state index in [0.29, 0.717) is 10.6 Å². The molecular weight excluding hydrogens is 348 g/mol. The fourth-order valence-electron chi connectivity index (χ4n) is 1.67. The summed E-state index contributed by atoms with van der Waals surface area (Å²) in [4.78, 5) is 15.7. The maximum atomic E-state index is 12.4. The zero-order valence-corrected chi connectivity index (χ0v) is 14.2. The van der Waals surface area contributed by atoms with Gasteiger partial charge in [-0.3, -0.25) is 4.72 Å². The first-order chi connectivity index (χ1) is 10.3. The van der Waals surface area contributed by atoms with Gasteiger partial charge in [0.1, 0.15) is 4.88 Å². The molecule has 1 N–H and O–H groups in total. The van der Waals surface area contributed by atoms with Gasteiger partial charge in [0.2, 0.25) is 0 Å². The predicted octanol–water partition coefficient (Wildman–Crippen LogP) is 3.08. The van der Waals surface area contributed by atoms with Gasteiger partial charge >= 0.3 is 5.97 Å². The molecule has 0 bridgehead atoms. The van der Waals surface area contributed by atoms with Crippen molar-refractivity contribution in [1.29, 1.82) is 0 Å². The second kappa shape index (κ2) is 6.64. The summed E-state index contributed by atoms with van der Waals surface area (Å²) >= 11 is 6.84. The fourth-order valence-corrected chi connectivity index (χ4v) is 4.12. The number of carbonyl (C=O) groups is 1. The quantitative estimate of drug-likeness (QED) is 0.828. The smallest absolute Gasteiger partial charge is 0.350 e. The summed E-state index contributed by atoms with van der Waals surface area (Å²) in [6.45, 7) is 3.53. The highest BCUT2D eigenvalue weighted by Gasteiger charge is 2.21. The molecule has 0 atom stereocenters. The van der Waals surface area contributed by atoms with Crippen molar-refractivity contribution in [2.24, 2.45) is 0 Å². The highest BCUT2D eigenvalue weighted by atomic mass is 35.5. The molecule has 1 heterocycles. The highest BCUT2D eigenvalue weighted by molar-refractivity contribution is 7.93. The number of nitrogens with one attached hydrogen (secondary N) is 1. The van der Waals surface area contributed by atoms with Crippen LogP contribution in [0.5, 0.6) is 0 Å². The van der Waals surface area contributed by atoms with E-state index in [-0.39, 0.29) is 21.5 Å². The van der Waals surface area contributed by atoms with E-state index in [4.69, 9.17) is 16.3 Å². The molecule has 0 fully saturated rings. The van der Waals surface area contributed by atoms with E-state index in [1.807, 2.05) is 0 Å². The van der Waals surface area contributed by atoms with Crippen molar-refractivity contribution in [3.05, 3.63) is 39.9 Å². The molecule has 0 radical (unpaired) electrons. The third-order valence-electron chi connectivity index (χ3n) is 2.71. The van der Waals surface area contributed by atoms with Gasteiger partial charge in [0.15, 0.2) is 5.13 Å². The minimum Gasteiger partial charge on any atom is -0.462 e. The van der Waals surface area contributed by atoms with Crippen molar-refractivity contribution in [2.45, 2.75) is 18.7 Å². The lowest BCUT2D eigenvalue weighted by atomic mass is 10.2. The van der Waals surface area contributed by atoms with Gasteiger partial charge in [-0.2, -0.15) is 0 Å². The summed E-state index contributed by atoms with van der Waals surface area (Å²) in [6.07, 6.45) is 1.27. The third kappa shape index (κ3) is 3.57. The van der Waals surface area contributed by atoms with Crippen molar-refractivity contribution in [1.82, 2.24) is 4.98 Å². The molecule has 0 aliphatic carbocycles. The van der Waals surface area contributed by atoms with Gasteiger partial charge in [-0.25, -0.2) is 18.2 Å². The number of halogens is 1. The lowest BCUT2D eigenvalue weighted by molar-refractivity contribution is 0.0532. The molecule has 1 aromatic carbocycles. The molecule has 9 heteroatoms. The molecule has 2 rings (SSSR count). The van der Waals surface area contributed by atoms with Crippen LogP contribution in [0, 0.1) is 6.92 Å². The van der Waals surface area contributed by atoms with Crippen LogP contribution in [0.2, 0.25) is 5.02 Å². The summed E-state index contributed by atoms with van der Waals surface area (Å²) in [6, 6.07) is 4.61. The Morgan fingerprint density at radius 2 is 2.18 bits per heavy atom. The highest BCUT2D eigenvalue weighted by Crippen LogP contribution is 2.26. The summed E-state index contributed by atoms with van der Waals surface area (Å²) in [5, 5.41) is 0.441. The van der Waals surface area contributed by atoms with Crippen LogP contribution in [0.4, 0.5) is 5.13 Å². The molecule has 1 aromatic heterocycles. The number of thiazole rings is 1. The van der Waals surface area contributed by atoms with Crippen molar-refractivity contribution in [2.75, 3.05) is 11.3 Å². The maximum Gasteiger partial charge on any atom is 0.350 e. The number of aromatic nitrogens is 1. The number of rotatable bonds is 5. The van der Waals surface area contributed by atoms with Crippen LogP contribution in [0.25, 0.3) is 0 Å². The molecule has 0 aliphatic heterocycles. The molecule has 0 saturated carbocycles. The first kappa shape index (κ1) is 16.7. The average molecular weight is 361 g/mol. The molecule has 6 nitrogen and oxygen atoms in total. The predicted molar refractivity (Wildman–Crippen MR) is 85.1 cm³/mol. The number of esters is 1. The normalized spacial score (nSPS) is 11.2. The van der Waals surface area contributed by atoms with Crippen LogP contribution in [-0.4, -0.2) is 26.0 Å². The second-order valence-electron chi connectivity index (χ2n) is 4.22. The lowest BCUT2D eigenvalue weighted by Gasteiger charge is -2.09. The van der Waals surface area contributed by atoms with Gasteiger partial charge in [0, 0.05) is 5.02 Å². The largest absolute Gasteiger partial charge is 0.462 e. The standard InChI is InChI=1S/C13H13ClN2O4S2/c1-3-20-12(17)10-7-15-13(21-10)16-22(18,19)11-6-4-5-9(14)8(11)2/h4-7H,3H2,1-2H3,(H,15,16). The topological polar surface area (TPSA) is 85.4 Å². The van der Waals surface area contributed by atoms with E-state index in [2.05, 4.69) is 9.71 Å². The van der Waals surface area contributed by atoms with E-state index < -0.39 is 16.0 Å². The Morgan fingerprint density at radius 3 is 2.86 bits per heavy atom. The van der Waals surface area contributed by atoms with Gasteiger partial charge in [-0.1, -0.05) is 29.0 Å². The van der Waals surface area contributed by atoms with Gasteiger partial charge in [-0.15, -0.1) is 0 Å². The minimum absolute atomic E-state index is 0.0629. The molecule has 0 amide bonds. The number of ether oxygens (including phenoxy) is 1. The number of hydrogen-bond acceptors (Lipinski definition) is 6. The van der Waals surface area contributed by atoms with Crippen molar-refractivity contribution in [3.63, 3.8) is 0 Å². The van der Waals surface area contributed by atoms with E-state index in [1.165, 1.54) is 12.3 Å². The Hall–Kier alpha value is -1.64. The molecule has 0 spiro atoms. The molecular formula is C13H13ClN2O4S2. The average Bonchev–Trinajstić information content (AvgIpc) is 2.89. The Kier molecular flexibility index (Phi) is 5.05. The summed E-state index contributed by atoms with van der Waals surface area (Å²) in [5.74, 6) is -0.538. The number of benzene rings is 1. The third-order valence-corrected chi connectivity index (χ3v) is 5.63. The first-order valence-electron chi connectivity index (χ1n) is 6.26. The zero-order valence-electron chi connectivity index (χ0n) is 11.8. The lowest BCUT2D eigenvalue weighted by Crippen LogP contribution is -2.14. The van der Waals surface area contributed by atoms with Crippen molar-refractivity contribution >= 4 is 44.1 Å². The number of carbonyl (C=O) groups excluding carboxylic acids is 1. The molecule has 2 aromatic rings. The Morgan fingerprint density at radius 1 is 1.45 bits per heavy atom. The van der Waals surface area contributed by atoms with Gasteiger partial charge in [0.25, 0.3) is 10.0 Å². The van der Waals surface area contributed by atoms with E-state index in [1.54, 1.807) is 26.0 Å². The molecule has 0 aliphatic rings. The van der Waals surface area contributed by atoms with Crippen LogP contribution >= 0.6 is 22.9 Å². The molecule has 0 saturated heterocycles.